The van der Waals surface area contributed by atoms with Crippen molar-refractivity contribution in [1.29, 1.82) is 0 Å². The summed E-state index contributed by atoms with van der Waals surface area (Å²) in [5.74, 6) is 1.86. The number of hydrogen-bond donors (Lipinski definition) is 0. The minimum absolute atomic E-state index is 0.636. The van der Waals surface area contributed by atoms with E-state index >= 15 is 0 Å². The lowest BCUT2D eigenvalue weighted by atomic mass is 9.64. The van der Waals surface area contributed by atoms with Gasteiger partial charge in [0.15, 0.2) is 0 Å². The molecule has 3 nitrogen and oxygen atoms in total. The zero-order valence-electron chi connectivity index (χ0n) is 39.8. The minimum atomic E-state index is -0.636. The van der Waals surface area contributed by atoms with Crippen molar-refractivity contribution in [3.63, 3.8) is 0 Å². The molecule has 1 atom stereocenters. The maximum atomic E-state index is 7.31. The normalized spacial score (nSPS) is 15.1. The lowest BCUT2D eigenvalue weighted by Gasteiger charge is -2.41. The van der Waals surface area contributed by atoms with Gasteiger partial charge in [-0.3, -0.25) is 0 Å². The molecule has 1 spiro atoms. The fraction of sp³-hybridized carbons (Fsp3) is 0.0286. The van der Waals surface area contributed by atoms with Crippen LogP contribution in [0.25, 0.3) is 83.0 Å². The van der Waals surface area contributed by atoms with Crippen LogP contribution in [0.4, 0.5) is 17.1 Å². The summed E-state index contributed by atoms with van der Waals surface area (Å²) in [6.45, 7) is 0. The molecule has 12 aromatic rings. The quantitative estimate of drug-likeness (QED) is 0.166. The van der Waals surface area contributed by atoms with Crippen molar-refractivity contribution in [3.8, 4) is 50.3 Å². The van der Waals surface area contributed by atoms with Gasteiger partial charge in [0.1, 0.15) is 22.7 Å². The van der Waals surface area contributed by atoms with E-state index in [4.69, 9.17) is 9.15 Å². The Morgan fingerprint density at radius 1 is 0.397 bits per heavy atom. The van der Waals surface area contributed by atoms with Crippen molar-refractivity contribution in [2.75, 3.05) is 4.90 Å². The molecule has 2 aliphatic carbocycles. The molecule has 1 aromatic heterocycles. The Bertz CT molecular complexity index is 4250. The zero-order chi connectivity index (χ0) is 48.0. The Kier molecular flexibility index (Phi) is 9.24. The van der Waals surface area contributed by atoms with Crippen LogP contribution in [0.3, 0.4) is 0 Å². The Balaban J connectivity index is 0.885. The third-order valence-electron chi connectivity index (χ3n) is 15.6. The Morgan fingerprint density at radius 2 is 1.03 bits per heavy atom. The van der Waals surface area contributed by atoms with Crippen LogP contribution in [0.2, 0.25) is 0 Å². The summed E-state index contributed by atoms with van der Waals surface area (Å²) in [6.07, 6.45) is 5.52. The van der Waals surface area contributed by atoms with E-state index in [1.54, 1.807) is 0 Å². The molecule has 3 heteroatoms. The Hall–Kier alpha value is -9.44. The number of nitrogens with zero attached hydrogens (tertiary/aromatic N) is 1. The highest BCUT2D eigenvalue weighted by molar-refractivity contribution is 6.09. The number of furan rings is 1. The summed E-state index contributed by atoms with van der Waals surface area (Å²) in [4.78, 5) is 2.39. The molecule has 3 aliphatic rings. The predicted octanol–water partition coefficient (Wildman–Crippen LogP) is 18.4. The van der Waals surface area contributed by atoms with Crippen LogP contribution < -0.4 is 9.64 Å². The summed E-state index contributed by atoms with van der Waals surface area (Å²) < 4.78 is 13.8. The van der Waals surface area contributed by atoms with E-state index in [-0.39, 0.29) is 0 Å². The first-order valence-electron chi connectivity index (χ1n) is 25.2. The van der Waals surface area contributed by atoms with Crippen LogP contribution >= 0.6 is 0 Å². The monoisotopic (exact) mass is 931 g/mol. The first kappa shape index (κ1) is 41.4. The van der Waals surface area contributed by atoms with E-state index in [1.807, 2.05) is 12.1 Å². The third-order valence-corrected chi connectivity index (χ3v) is 15.6. The standard InChI is InChI=1S/C70H45NO2/c1-2-16-46(17-3-1)53-21-9-12-30-65(53)71(52-40-34-49(35-41-52)54-26-15-27-60-59-25-10-13-31-66(59)72-67(54)60)51-38-32-45(33-39-51)50-36-42-58-57-24-8-11-28-61(57)70(64(58)44-50)62-29-14-20-47-18-4-6-22-55(47)68(62)73-69-56-23-7-5-19-48(56)37-43-63(69)70/h1-19,21-44H,20H2. The smallest absolute Gasteiger partial charge is 0.143 e. The van der Waals surface area contributed by atoms with E-state index in [1.165, 1.54) is 39.0 Å². The molecule has 0 N–H and O–H groups in total. The van der Waals surface area contributed by atoms with Crippen molar-refractivity contribution in [2.24, 2.45) is 0 Å². The van der Waals surface area contributed by atoms with E-state index in [0.29, 0.717) is 0 Å². The second-order valence-electron chi connectivity index (χ2n) is 19.4. The molecule has 11 aromatic carbocycles. The van der Waals surface area contributed by atoms with Gasteiger partial charge in [-0.2, -0.15) is 0 Å². The maximum absolute atomic E-state index is 7.31. The fourth-order valence-corrected chi connectivity index (χ4v) is 12.3. The molecular formula is C70H45NO2. The highest BCUT2D eigenvalue weighted by Crippen LogP contribution is 2.63. The van der Waals surface area contributed by atoms with Crippen molar-refractivity contribution in [3.05, 3.63) is 294 Å². The number of hydrogen-bond acceptors (Lipinski definition) is 3. The topological polar surface area (TPSA) is 25.6 Å². The molecule has 0 bridgehead atoms. The summed E-state index contributed by atoms with van der Waals surface area (Å²) in [6, 6.07) is 90.3. The second kappa shape index (κ2) is 16.3. The third kappa shape index (κ3) is 6.25. The molecule has 1 unspecified atom stereocenters. The summed E-state index contributed by atoms with van der Waals surface area (Å²) in [5, 5.41) is 4.53. The van der Waals surface area contributed by atoms with E-state index in [2.05, 4.69) is 254 Å². The number of rotatable bonds is 6. The number of para-hydroxylation sites is 3. The van der Waals surface area contributed by atoms with Crippen LogP contribution in [0.5, 0.6) is 5.75 Å². The van der Waals surface area contributed by atoms with Gasteiger partial charge in [0.05, 0.1) is 11.1 Å². The van der Waals surface area contributed by atoms with Crippen LogP contribution in [0.1, 0.15) is 27.8 Å². The van der Waals surface area contributed by atoms with Crippen molar-refractivity contribution in [2.45, 2.75) is 11.8 Å². The molecule has 0 saturated heterocycles. The lowest BCUT2D eigenvalue weighted by Crippen LogP contribution is -2.34. The molecule has 0 radical (unpaired) electrons. The van der Waals surface area contributed by atoms with Crippen molar-refractivity contribution >= 4 is 55.5 Å². The lowest BCUT2D eigenvalue weighted by molar-refractivity contribution is 0.476. The first-order chi connectivity index (χ1) is 36.2. The predicted molar refractivity (Wildman–Crippen MR) is 301 cm³/mol. The number of ether oxygens (including phenoxy) is 1. The fourth-order valence-electron chi connectivity index (χ4n) is 12.3. The molecule has 15 rings (SSSR count). The van der Waals surface area contributed by atoms with Crippen LogP contribution in [-0.4, -0.2) is 0 Å². The number of benzene rings is 11. The van der Waals surface area contributed by atoms with Crippen molar-refractivity contribution < 1.29 is 9.15 Å². The van der Waals surface area contributed by atoms with Crippen molar-refractivity contribution in [1.82, 2.24) is 0 Å². The molecule has 0 fully saturated rings. The average molecular weight is 932 g/mol. The average Bonchev–Trinajstić information content (AvgIpc) is 3.94. The number of fused-ring (bicyclic) bond motifs is 15. The molecule has 0 amide bonds. The minimum Gasteiger partial charge on any atom is -0.455 e. The van der Waals surface area contributed by atoms with Gasteiger partial charge in [-0.1, -0.05) is 218 Å². The van der Waals surface area contributed by atoms with Gasteiger partial charge in [-0.25, -0.2) is 0 Å². The van der Waals surface area contributed by atoms with E-state index < -0.39 is 5.41 Å². The van der Waals surface area contributed by atoms with Gasteiger partial charge in [0.2, 0.25) is 0 Å². The van der Waals surface area contributed by atoms with Gasteiger partial charge < -0.3 is 14.1 Å². The van der Waals surface area contributed by atoms with Crippen LogP contribution in [-0.2, 0) is 11.8 Å². The number of allylic oxidation sites excluding steroid dienone is 3. The SMILES string of the molecule is C1=CC2=C(Oc3c(ccc4ccccc34)C23c2ccccc2-c2ccc(-c4ccc(N(c5ccc(-c6cccc7c6oc6ccccc67)cc5)c5ccccc5-c5ccccc5)cc4)cc23)c2ccccc2C1. The molecular weight excluding hydrogens is 887 g/mol. The van der Waals surface area contributed by atoms with Gasteiger partial charge >= 0.3 is 0 Å². The Morgan fingerprint density at radius 3 is 1.88 bits per heavy atom. The molecule has 1 aliphatic heterocycles. The van der Waals surface area contributed by atoms with E-state index in [9.17, 15) is 0 Å². The maximum Gasteiger partial charge on any atom is 0.143 e. The van der Waals surface area contributed by atoms with Crippen LogP contribution in [0, 0.1) is 0 Å². The number of anilines is 3. The summed E-state index contributed by atoms with van der Waals surface area (Å²) in [5.41, 5.74) is 21.0. The van der Waals surface area contributed by atoms with Crippen LogP contribution in [0.15, 0.2) is 271 Å². The first-order valence-corrected chi connectivity index (χ1v) is 25.2. The highest BCUT2D eigenvalue weighted by atomic mass is 16.5. The zero-order valence-corrected chi connectivity index (χ0v) is 39.8. The van der Waals surface area contributed by atoms with Gasteiger partial charge in [-0.05, 0) is 104 Å². The molecule has 2 heterocycles. The summed E-state index contributed by atoms with van der Waals surface area (Å²) >= 11 is 0. The van der Waals surface area contributed by atoms with Gasteiger partial charge in [-0.15, -0.1) is 0 Å². The van der Waals surface area contributed by atoms with E-state index in [0.717, 1.165) is 107 Å². The summed E-state index contributed by atoms with van der Waals surface area (Å²) in [7, 11) is 0. The van der Waals surface area contributed by atoms with Gasteiger partial charge in [0, 0.05) is 55.4 Å². The molecule has 0 saturated carbocycles. The molecule has 342 valence electrons. The Labute approximate surface area is 423 Å². The van der Waals surface area contributed by atoms with Gasteiger partial charge in [0.25, 0.3) is 0 Å². The second-order valence-corrected chi connectivity index (χ2v) is 19.4. The highest BCUT2D eigenvalue weighted by Gasteiger charge is 2.52. The largest absolute Gasteiger partial charge is 0.455 e. The molecule has 73 heavy (non-hydrogen) atoms.